The lowest BCUT2D eigenvalue weighted by atomic mass is 10.1. The zero-order chi connectivity index (χ0) is 20.6. The second-order valence-electron chi connectivity index (χ2n) is 6.30. The first kappa shape index (κ1) is 20.5. The molecule has 0 saturated carbocycles. The van der Waals surface area contributed by atoms with Crippen LogP contribution in [0, 0.1) is 5.41 Å². The molecular weight excluding hydrogens is 380 g/mol. The summed E-state index contributed by atoms with van der Waals surface area (Å²) >= 11 is 0. The monoisotopic (exact) mass is 401 g/mol. The van der Waals surface area contributed by atoms with Gasteiger partial charge in [0.1, 0.15) is 12.2 Å². The third-order valence-electron chi connectivity index (χ3n) is 4.28. The van der Waals surface area contributed by atoms with E-state index >= 15 is 0 Å². The van der Waals surface area contributed by atoms with Crippen molar-refractivity contribution in [3.63, 3.8) is 0 Å². The first-order valence-electron chi connectivity index (χ1n) is 9.02. The lowest BCUT2D eigenvalue weighted by molar-refractivity contribution is 0.0872. The van der Waals surface area contributed by atoms with E-state index in [1.54, 1.807) is 12.3 Å². The molecule has 10 heteroatoms. The summed E-state index contributed by atoms with van der Waals surface area (Å²) in [6.45, 7) is 1.41. The van der Waals surface area contributed by atoms with Crippen molar-refractivity contribution >= 4 is 23.6 Å². The molecule has 2 aromatic heterocycles. The Balaban J connectivity index is 1.75. The molecule has 0 unspecified atom stereocenters. The van der Waals surface area contributed by atoms with Gasteiger partial charge in [-0.2, -0.15) is 0 Å². The number of hydrogen-bond donors (Lipinski definition) is 3. The molecule has 152 valence electrons. The van der Waals surface area contributed by atoms with E-state index in [0.29, 0.717) is 41.7 Å². The van der Waals surface area contributed by atoms with E-state index in [2.05, 4.69) is 24.9 Å². The van der Waals surface area contributed by atoms with Crippen molar-refractivity contribution in [3.05, 3.63) is 42.4 Å². The number of nitrogens with zero attached hydrogens (tertiary/aromatic N) is 4. The average molecular weight is 401 g/mol. The Morgan fingerprint density at radius 3 is 2.83 bits per heavy atom. The number of aromatic nitrogens is 4. The second-order valence-corrected chi connectivity index (χ2v) is 6.30. The van der Waals surface area contributed by atoms with Gasteiger partial charge in [0.25, 0.3) is 6.43 Å². The standard InChI is InChI=1S/C19H21F2N7O/c20-19(21)14(23)1-2-18-25-10-17(28-18)16-7-15(26-11-27-16)12(8-22)9-24-13-3-5-29-6-4-13/h1-2,7-11,13,19,23H,3-6,22H2,(H,25,28)/b2-1-,12-8+,23-14?,24-9?. The number of aliphatic imine (C=N–C) groups is 1. The van der Waals surface area contributed by atoms with E-state index in [9.17, 15) is 8.78 Å². The van der Waals surface area contributed by atoms with Crippen LogP contribution >= 0.6 is 0 Å². The number of imidazole rings is 1. The van der Waals surface area contributed by atoms with Crippen LogP contribution in [0.1, 0.15) is 24.4 Å². The number of alkyl halides is 2. The SMILES string of the molecule is N=C(/C=C\c1ncc(-c2cc(/C(C=NC3CCOCC3)=C/N)ncn2)[nH]1)C(F)F. The summed E-state index contributed by atoms with van der Waals surface area (Å²) in [4.78, 5) is 20.1. The molecule has 0 bridgehead atoms. The molecule has 1 aliphatic rings. The molecule has 2 aromatic rings. The number of ether oxygens (including phenoxy) is 1. The van der Waals surface area contributed by atoms with Gasteiger partial charge >= 0.3 is 0 Å². The van der Waals surface area contributed by atoms with Crippen LogP contribution in [0.5, 0.6) is 0 Å². The van der Waals surface area contributed by atoms with Crippen LogP contribution in [0.3, 0.4) is 0 Å². The summed E-state index contributed by atoms with van der Waals surface area (Å²) in [5.41, 5.74) is 7.37. The number of rotatable bonds is 7. The summed E-state index contributed by atoms with van der Waals surface area (Å²) in [5, 5.41) is 7.14. The maximum atomic E-state index is 12.4. The van der Waals surface area contributed by atoms with Crippen molar-refractivity contribution in [2.24, 2.45) is 10.7 Å². The Bertz CT molecular complexity index is 930. The van der Waals surface area contributed by atoms with Gasteiger partial charge in [-0.05, 0) is 31.1 Å². The quantitative estimate of drug-likeness (QED) is 0.615. The molecule has 0 atom stereocenters. The topological polar surface area (TPSA) is 126 Å². The summed E-state index contributed by atoms with van der Waals surface area (Å²) in [7, 11) is 0. The molecule has 0 spiro atoms. The molecule has 3 heterocycles. The van der Waals surface area contributed by atoms with E-state index < -0.39 is 12.1 Å². The number of halogens is 2. The Morgan fingerprint density at radius 1 is 1.31 bits per heavy atom. The maximum Gasteiger partial charge on any atom is 0.279 e. The predicted molar refractivity (Wildman–Crippen MR) is 107 cm³/mol. The Labute approximate surface area is 166 Å². The summed E-state index contributed by atoms with van der Waals surface area (Å²) in [6, 6.07) is 1.94. The van der Waals surface area contributed by atoms with Gasteiger partial charge < -0.3 is 15.5 Å². The predicted octanol–water partition coefficient (Wildman–Crippen LogP) is 2.71. The number of nitrogens with one attached hydrogen (secondary N) is 2. The summed E-state index contributed by atoms with van der Waals surface area (Å²) in [5.74, 6) is 0.334. The van der Waals surface area contributed by atoms with Crippen LogP contribution in [-0.2, 0) is 4.74 Å². The van der Waals surface area contributed by atoms with Crippen LogP contribution in [0.2, 0.25) is 0 Å². The van der Waals surface area contributed by atoms with Crippen LogP contribution < -0.4 is 5.73 Å². The summed E-state index contributed by atoms with van der Waals surface area (Å²) in [6.07, 6.45) is 7.30. The molecule has 29 heavy (non-hydrogen) atoms. The Kier molecular flexibility index (Phi) is 6.90. The van der Waals surface area contributed by atoms with Gasteiger partial charge in [-0.15, -0.1) is 0 Å². The highest BCUT2D eigenvalue weighted by atomic mass is 19.3. The third-order valence-corrected chi connectivity index (χ3v) is 4.28. The van der Waals surface area contributed by atoms with Gasteiger partial charge in [-0.3, -0.25) is 10.4 Å². The number of hydrogen-bond acceptors (Lipinski definition) is 7. The highest BCUT2D eigenvalue weighted by Crippen LogP contribution is 2.19. The van der Waals surface area contributed by atoms with E-state index in [-0.39, 0.29) is 6.04 Å². The minimum atomic E-state index is -2.82. The van der Waals surface area contributed by atoms with E-state index in [0.717, 1.165) is 18.9 Å². The number of H-pyrrole nitrogens is 1. The highest BCUT2D eigenvalue weighted by molar-refractivity contribution is 6.09. The first-order chi connectivity index (χ1) is 14.1. The molecule has 1 aliphatic heterocycles. The minimum absolute atomic E-state index is 0.203. The average Bonchev–Trinajstić information content (AvgIpc) is 3.22. The smallest absolute Gasteiger partial charge is 0.279 e. The van der Waals surface area contributed by atoms with Crippen molar-refractivity contribution in [3.8, 4) is 11.4 Å². The second kappa shape index (κ2) is 9.78. The molecule has 0 aromatic carbocycles. The van der Waals surface area contributed by atoms with Crippen molar-refractivity contribution in [2.75, 3.05) is 13.2 Å². The largest absolute Gasteiger partial charge is 0.404 e. The summed E-state index contributed by atoms with van der Waals surface area (Å²) < 4.78 is 30.1. The molecule has 3 rings (SSSR count). The number of nitrogens with two attached hydrogens (primary N) is 1. The van der Waals surface area contributed by atoms with Crippen molar-refractivity contribution in [1.29, 1.82) is 5.41 Å². The van der Waals surface area contributed by atoms with Gasteiger partial charge in [-0.25, -0.2) is 23.7 Å². The fourth-order valence-electron chi connectivity index (χ4n) is 2.67. The molecule has 1 saturated heterocycles. The van der Waals surface area contributed by atoms with Gasteiger partial charge in [-0.1, -0.05) is 0 Å². The minimum Gasteiger partial charge on any atom is -0.404 e. The van der Waals surface area contributed by atoms with Crippen molar-refractivity contribution in [1.82, 2.24) is 19.9 Å². The van der Waals surface area contributed by atoms with Crippen LogP contribution in [0.15, 0.2) is 35.9 Å². The van der Waals surface area contributed by atoms with Crippen LogP contribution in [0.25, 0.3) is 23.0 Å². The highest BCUT2D eigenvalue weighted by Gasteiger charge is 2.13. The van der Waals surface area contributed by atoms with Gasteiger partial charge in [0, 0.05) is 31.2 Å². The fraction of sp³-hybridized carbons (Fsp3) is 0.316. The lowest BCUT2D eigenvalue weighted by Crippen LogP contribution is -2.18. The van der Waals surface area contributed by atoms with E-state index in [4.69, 9.17) is 15.9 Å². The molecule has 0 aliphatic carbocycles. The zero-order valence-corrected chi connectivity index (χ0v) is 15.6. The molecule has 0 radical (unpaired) electrons. The lowest BCUT2D eigenvalue weighted by Gasteiger charge is -2.18. The number of allylic oxidation sites excluding steroid dienone is 2. The van der Waals surface area contributed by atoms with Gasteiger partial charge in [0.05, 0.1) is 35.0 Å². The molecular formula is C19H21F2N7O. The zero-order valence-electron chi connectivity index (χ0n) is 15.6. The molecule has 0 amide bonds. The first-order valence-corrected chi connectivity index (χ1v) is 9.02. The molecule has 8 nitrogen and oxygen atoms in total. The van der Waals surface area contributed by atoms with Crippen molar-refractivity contribution < 1.29 is 13.5 Å². The third kappa shape index (κ3) is 5.61. The van der Waals surface area contributed by atoms with Crippen LogP contribution in [-0.4, -0.2) is 57.5 Å². The van der Waals surface area contributed by atoms with Gasteiger partial charge in [0.15, 0.2) is 0 Å². The normalized spacial score (nSPS) is 16.3. The van der Waals surface area contributed by atoms with Crippen LogP contribution in [0.4, 0.5) is 8.78 Å². The Hall–Kier alpha value is -3.27. The van der Waals surface area contributed by atoms with Gasteiger partial charge in [0.2, 0.25) is 0 Å². The van der Waals surface area contributed by atoms with E-state index in [1.807, 2.05) is 0 Å². The Morgan fingerprint density at radius 2 is 2.10 bits per heavy atom. The van der Waals surface area contributed by atoms with Crippen molar-refractivity contribution in [2.45, 2.75) is 25.3 Å². The molecule has 1 fully saturated rings. The fourth-order valence-corrected chi connectivity index (χ4v) is 2.67. The number of aromatic amines is 1. The van der Waals surface area contributed by atoms with E-state index in [1.165, 1.54) is 24.8 Å². The maximum absolute atomic E-state index is 12.4. The molecule has 4 N–H and O–H groups in total.